The molecular weight excluding hydrogens is 262 g/mol. The van der Waals surface area contributed by atoms with Gasteiger partial charge in [0.25, 0.3) is 5.91 Å². The molecule has 1 aliphatic rings. The molecule has 0 aliphatic heterocycles. The van der Waals surface area contributed by atoms with E-state index in [2.05, 4.69) is 24.2 Å². The van der Waals surface area contributed by atoms with Gasteiger partial charge in [0.1, 0.15) is 0 Å². The van der Waals surface area contributed by atoms with Gasteiger partial charge in [-0.05, 0) is 43.4 Å². The number of thioether (sulfide) groups is 1. The molecule has 18 heavy (non-hydrogen) atoms. The van der Waals surface area contributed by atoms with E-state index in [4.69, 9.17) is 0 Å². The van der Waals surface area contributed by atoms with Gasteiger partial charge in [-0.2, -0.15) is 11.8 Å². The Morgan fingerprint density at radius 1 is 1.28 bits per heavy atom. The fourth-order valence-corrected chi connectivity index (χ4v) is 3.49. The normalized spacial score (nSPS) is 23.7. The molecule has 0 saturated heterocycles. The van der Waals surface area contributed by atoms with Crippen molar-refractivity contribution in [1.82, 2.24) is 5.32 Å². The summed E-state index contributed by atoms with van der Waals surface area (Å²) in [7, 11) is 0. The Hall–Kier alpha value is -0.610. The van der Waals surface area contributed by atoms with E-state index in [9.17, 15) is 4.79 Å². The molecule has 1 N–H and O–H groups in total. The first-order valence-electron chi connectivity index (χ1n) is 6.33. The highest BCUT2D eigenvalue weighted by molar-refractivity contribution is 7.99. The van der Waals surface area contributed by atoms with Crippen molar-refractivity contribution < 1.29 is 4.79 Å². The number of carbonyl (C=O) groups is 1. The zero-order chi connectivity index (χ0) is 13.0. The van der Waals surface area contributed by atoms with Crippen LogP contribution in [-0.2, 0) is 0 Å². The van der Waals surface area contributed by atoms with Gasteiger partial charge in [-0.25, -0.2) is 0 Å². The second kappa shape index (κ2) is 6.53. The van der Waals surface area contributed by atoms with E-state index in [1.165, 1.54) is 19.3 Å². The Labute approximate surface area is 118 Å². The summed E-state index contributed by atoms with van der Waals surface area (Å²) in [6, 6.07) is 7.68. The molecule has 2 nitrogen and oxygen atoms in total. The third-order valence-corrected chi connectivity index (χ3v) is 4.92. The zero-order valence-corrected chi connectivity index (χ0v) is 12.3. The first-order chi connectivity index (χ1) is 8.70. The fourth-order valence-electron chi connectivity index (χ4n) is 2.41. The highest BCUT2D eigenvalue weighted by atomic mass is 32.2. The van der Waals surface area contributed by atoms with Crippen LogP contribution < -0.4 is 5.32 Å². The maximum absolute atomic E-state index is 12.1. The minimum atomic E-state index is 0.0364. The van der Waals surface area contributed by atoms with Crippen molar-refractivity contribution in [2.45, 2.75) is 41.9 Å². The smallest absolute Gasteiger partial charge is 0.251 e. The maximum Gasteiger partial charge on any atom is 0.251 e. The number of amides is 1. The highest BCUT2D eigenvalue weighted by Crippen LogP contribution is 2.27. The summed E-state index contributed by atoms with van der Waals surface area (Å²) in [5, 5.41) is 3.73. The largest absolute Gasteiger partial charge is 0.348 e. The van der Waals surface area contributed by atoms with E-state index < -0.39 is 0 Å². The van der Waals surface area contributed by atoms with Gasteiger partial charge in [0.05, 0.1) is 0 Å². The number of benzene rings is 1. The molecule has 2 rings (SSSR count). The third kappa shape index (κ3) is 3.45. The van der Waals surface area contributed by atoms with Gasteiger partial charge in [0.15, 0.2) is 0 Å². The van der Waals surface area contributed by atoms with Gasteiger partial charge in [-0.1, -0.05) is 12.8 Å². The first-order valence-corrected chi connectivity index (χ1v) is 8.07. The van der Waals surface area contributed by atoms with Crippen molar-refractivity contribution >= 4 is 30.3 Å². The number of carbonyl (C=O) groups excluding carboxylic acids is 1. The molecule has 1 saturated carbocycles. The monoisotopic (exact) mass is 281 g/mol. The minimum absolute atomic E-state index is 0.0364. The molecule has 0 bridgehead atoms. The Kier molecular flexibility index (Phi) is 5.01. The predicted octanol–water partition coefficient (Wildman–Crippen LogP) is 3.38. The molecule has 0 heterocycles. The molecule has 1 fully saturated rings. The van der Waals surface area contributed by atoms with Crippen molar-refractivity contribution in [2.75, 3.05) is 6.26 Å². The first kappa shape index (κ1) is 13.8. The standard InChI is InChI=1S/C14H19NOS2/c1-18-13-5-3-2-4-12(13)15-14(16)10-6-8-11(17)9-7-10/h6-9,12-13,17H,2-5H2,1H3,(H,15,16). The molecule has 4 heteroatoms. The number of thiol groups is 1. The quantitative estimate of drug-likeness (QED) is 0.832. The Morgan fingerprint density at radius 3 is 2.61 bits per heavy atom. The fraction of sp³-hybridized carbons (Fsp3) is 0.500. The zero-order valence-electron chi connectivity index (χ0n) is 10.6. The van der Waals surface area contributed by atoms with Gasteiger partial charge >= 0.3 is 0 Å². The van der Waals surface area contributed by atoms with Crippen molar-refractivity contribution in [1.29, 1.82) is 0 Å². The lowest BCUT2D eigenvalue weighted by Crippen LogP contribution is -2.43. The van der Waals surface area contributed by atoms with Crippen LogP contribution in [0.2, 0.25) is 0 Å². The Bertz CT molecular complexity index is 405. The van der Waals surface area contributed by atoms with Crippen LogP contribution in [0.4, 0.5) is 0 Å². The van der Waals surface area contributed by atoms with Crippen LogP contribution in [0.1, 0.15) is 36.0 Å². The number of hydrogen-bond acceptors (Lipinski definition) is 3. The van der Waals surface area contributed by atoms with E-state index in [0.29, 0.717) is 11.3 Å². The van der Waals surface area contributed by atoms with Crippen molar-refractivity contribution in [3.05, 3.63) is 29.8 Å². The molecule has 0 radical (unpaired) electrons. The lowest BCUT2D eigenvalue weighted by molar-refractivity contribution is 0.0929. The van der Waals surface area contributed by atoms with Gasteiger partial charge in [-0.15, -0.1) is 12.6 Å². The molecule has 1 aromatic rings. The van der Waals surface area contributed by atoms with E-state index in [1.54, 1.807) is 0 Å². The van der Waals surface area contributed by atoms with Gasteiger partial charge in [0, 0.05) is 21.8 Å². The van der Waals surface area contributed by atoms with E-state index in [-0.39, 0.29) is 5.91 Å². The van der Waals surface area contributed by atoms with Crippen molar-refractivity contribution in [3.63, 3.8) is 0 Å². The SMILES string of the molecule is CSC1CCCCC1NC(=O)c1ccc(S)cc1. The summed E-state index contributed by atoms with van der Waals surface area (Å²) >= 11 is 6.09. The van der Waals surface area contributed by atoms with Crippen molar-refractivity contribution in [3.8, 4) is 0 Å². The average Bonchev–Trinajstić information content (AvgIpc) is 2.40. The Morgan fingerprint density at radius 2 is 1.94 bits per heavy atom. The van der Waals surface area contributed by atoms with Gasteiger partial charge < -0.3 is 5.32 Å². The minimum Gasteiger partial charge on any atom is -0.348 e. The summed E-state index contributed by atoms with van der Waals surface area (Å²) in [6.07, 6.45) is 6.94. The van der Waals surface area contributed by atoms with E-state index in [0.717, 1.165) is 16.9 Å². The maximum atomic E-state index is 12.1. The van der Waals surface area contributed by atoms with Crippen LogP contribution in [0, 0.1) is 0 Å². The molecule has 1 amide bonds. The van der Waals surface area contributed by atoms with E-state index >= 15 is 0 Å². The molecule has 0 spiro atoms. The van der Waals surface area contributed by atoms with Crippen molar-refractivity contribution in [2.24, 2.45) is 0 Å². The molecule has 2 unspecified atom stereocenters. The summed E-state index contributed by atoms with van der Waals surface area (Å²) in [6.45, 7) is 0. The predicted molar refractivity (Wildman–Crippen MR) is 80.7 cm³/mol. The van der Waals surface area contributed by atoms with Crippen LogP contribution >= 0.6 is 24.4 Å². The Balaban J connectivity index is 1.99. The molecular formula is C14H19NOS2. The third-order valence-electron chi connectivity index (χ3n) is 3.45. The van der Waals surface area contributed by atoms with Crippen LogP contribution in [0.25, 0.3) is 0 Å². The lowest BCUT2D eigenvalue weighted by Gasteiger charge is -2.30. The van der Waals surface area contributed by atoms with Crippen LogP contribution in [-0.4, -0.2) is 23.5 Å². The average molecular weight is 281 g/mol. The van der Waals surface area contributed by atoms with Crippen LogP contribution in [0.15, 0.2) is 29.2 Å². The lowest BCUT2D eigenvalue weighted by atomic mass is 9.94. The topological polar surface area (TPSA) is 29.1 Å². The van der Waals surface area contributed by atoms with E-state index in [1.807, 2.05) is 36.0 Å². The van der Waals surface area contributed by atoms with Crippen LogP contribution in [0.3, 0.4) is 0 Å². The summed E-state index contributed by atoms with van der Waals surface area (Å²) in [5.74, 6) is 0.0364. The number of nitrogens with one attached hydrogen (secondary N) is 1. The highest BCUT2D eigenvalue weighted by Gasteiger charge is 2.25. The summed E-state index contributed by atoms with van der Waals surface area (Å²) in [5.41, 5.74) is 0.721. The molecule has 98 valence electrons. The molecule has 1 aromatic carbocycles. The summed E-state index contributed by atoms with van der Waals surface area (Å²) in [4.78, 5) is 13.0. The second-order valence-corrected chi connectivity index (χ2v) is 6.28. The summed E-state index contributed by atoms with van der Waals surface area (Å²) < 4.78 is 0. The number of hydrogen-bond donors (Lipinski definition) is 2. The molecule has 2 atom stereocenters. The van der Waals surface area contributed by atoms with Gasteiger partial charge in [-0.3, -0.25) is 4.79 Å². The second-order valence-electron chi connectivity index (χ2n) is 4.69. The van der Waals surface area contributed by atoms with Crippen LogP contribution in [0.5, 0.6) is 0 Å². The number of rotatable bonds is 3. The molecule has 0 aromatic heterocycles. The van der Waals surface area contributed by atoms with Gasteiger partial charge in [0.2, 0.25) is 0 Å². The molecule has 1 aliphatic carbocycles.